The molecule has 0 aromatic heterocycles. The van der Waals surface area contributed by atoms with E-state index in [4.69, 9.17) is 11.6 Å². The molecule has 1 aromatic carbocycles. The van der Waals surface area contributed by atoms with Crippen LogP contribution < -0.4 is 10.4 Å². The molecular weight excluding hydrogens is 320 g/mol. The van der Waals surface area contributed by atoms with Gasteiger partial charge >= 0.3 is 0 Å². The van der Waals surface area contributed by atoms with Gasteiger partial charge in [-0.05, 0) is 18.2 Å². The number of imide groups is 1. The predicted octanol–water partition coefficient (Wildman–Crippen LogP) is 0.337. The molecular formula is C12H8ClN2O5S-. The van der Waals surface area contributed by atoms with E-state index in [1.807, 2.05) is 0 Å². The predicted molar refractivity (Wildman–Crippen MR) is 74.0 cm³/mol. The van der Waals surface area contributed by atoms with Crippen molar-refractivity contribution in [2.75, 3.05) is 17.6 Å². The van der Waals surface area contributed by atoms with Crippen LogP contribution in [-0.4, -0.2) is 40.2 Å². The van der Waals surface area contributed by atoms with E-state index in [-0.39, 0.29) is 22.0 Å². The molecule has 0 atom stereocenters. The third-order valence-electron chi connectivity index (χ3n) is 2.61. The van der Waals surface area contributed by atoms with Crippen LogP contribution in [0.2, 0.25) is 5.02 Å². The Morgan fingerprint density at radius 2 is 2.10 bits per heavy atom. The molecule has 1 N–H and O–H groups in total. The minimum Gasteiger partial charge on any atom is -0.545 e. The minimum absolute atomic E-state index is 0.0158. The van der Waals surface area contributed by atoms with Crippen LogP contribution in [0.5, 0.6) is 0 Å². The molecule has 1 aliphatic heterocycles. The molecule has 2 rings (SSSR count). The van der Waals surface area contributed by atoms with E-state index < -0.39 is 29.6 Å². The van der Waals surface area contributed by atoms with Gasteiger partial charge in [0.2, 0.25) is 11.8 Å². The number of anilines is 1. The number of amides is 3. The Morgan fingerprint density at radius 3 is 2.67 bits per heavy atom. The summed E-state index contributed by atoms with van der Waals surface area (Å²) in [6.45, 7) is -0.423. The molecule has 0 saturated carbocycles. The molecule has 110 valence electrons. The van der Waals surface area contributed by atoms with Crippen molar-refractivity contribution in [2.24, 2.45) is 0 Å². The Labute approximate surface area is 128 Å². The maximum absolute atomic E-state index is 11.8. The van der Waals surface area contributed by atoms with Gasteiger partial charge in [0.25, 0.3) is 5.24 Å². The SMILES string of the molecule is O=C(CN1C(=O)CSC1=O)Nc1ccc(Cl)c(C(=O)[O-])c1. The van der Waals surface area contributed by atoms with Crippen LogP contribution >= 0.6 is 23.4 Å². The molecule has 0 bridgehead atoms. The van der Waals surface area contributed by atoms with Crippen LogP contribution in [0.3, 0.4) is 0 Å². The van der Waals surface area contributed by atoms with E-state index >= 15 is 0 Å². The first kappa shape index (κ1) is 15.3. The first-order chi connectivity index (χ1) is 9.88. The molecule has 0 radical (unpaired) electrons. The number of carbonyl (C=O) groups excluding carboxylic acids is 4. The molecule has 0 spiro atoms. The van der Waals surface area contributed by atoms with Crippen LogP contribution in [0.4, 0.5) is 10.5 Å². The summed E-state index contributed by atoms with van der Waals surface area (Å²) in [5.41, 5.74) is -0.0892. The number of benzene rings is 1. The number of thioether (sulfide) groups is 1. The molecule has 7 nitrogen and oxygen atoms in total. The fraction of sp³-hybridized carbons (Fsp3) is 0.167. The van der Waals surface area contributed by atoms with Gasteiger partial charge in [-0.2, -0.15) is 0 Å². The number of nitrogens with one attached hydrogen (secondary N) is 1. The van der Waals surface area contributed by atoms with E-state index in [0.717, 1.165) is 22.7 Å². The van der Waals surface area contributed by atoms with Crippen molar-refractivity contribution in [1.29, 1.82) is 0 Å². The van der Waals surface area contributed by atoms with E-state index in [1.165, 1.54) is 12.1 Å². The highest BCUT2D eigenvalue weighted by Crippen LogP contribution is 2.21. The van der Waals surface area contributed by atoms with Crippen molar-refractivity contribution in [3.05, 3.63) is 28.8 Å². The van der Waals surface area contributed by atoms with Gasteiger partial charge in [-0.3, -0.25) is 19.3 Å². The van der Waals surface area contributed by atoms with Crippen molar-refractivity contribution in [1.82, 2.24) is 4.90 Å². The zero-order chi connectivity index (χ0) is 15.6. The Bertz CT molecular complexity index is 633. The second-order valence-corrected chi connectivity index (χ2v) is 5.40. The van der Waals surface area contributed by atoms with Crippen molar-refractivity contribution < 1.29 is 24.3 Å². The lowest BCUT2D eigenvalue weighted by Crippen LogP contribution is -2.36. The topological polar surface area (TPSA) is 107 Å². The van der Waals surface area contributed by atoms with Crippen molar-refractivity contribution >= 4 is 52.1 Å². The first-order valence-electron chi connectivity index (χ1n) is 5.66. The van der Waals surface area contributed by atoms with Gasteiger partial charge in [0.15, 0.2) is 0 Å². The average molecular weight is 328 g/mol. The third-order valence-corrected chi connectivity index (χ3v) is 3.80. The highest BCUT2D eigenvalue weighted by Gasteiger charge is 2.31. The average Bonchev–Trinajstić information content (AvgIpc) is 2.72. The van der Waals surface area contributed by atoms with Gasteiger partial charge < -0.3 is 15.2 Å². The lowest BCUT2D eigenvalue weighted by Gasteiger charge is -2.13. The van der Waals surface area contributed by atoms with E-state index in [0.29, 0.717) is 0 Å². The summed E-state index contributed by atoms with van der Waals surface area (Å²) >= 11 is 6.49. The number of rotatable bonds is 4. The summed E-state index contributed by atoms with van der Waals surface area (Å²) in [6, 6.07) is 3.83. The number of halogens is 1. The fourth-order valence-corrected chi connectivity index (χ4v) is 2.56. The number of hydrogen-bond acceptors (Lipinski definition) is 6. The zero-order valence-electron chi connectivity index (χ0n) is 10.4. The fourth-order valence-electron chi connectivity index (χ4n) is 1.64. The smallest absolute Gasteiger partial charge is 0.289 e. The summed E-state index contributed by atoms with van der Waals surface area (Å²) in [6.07, 6.45) is 0. The molecule has 1 fully saturated rings. The van der Waals surface area contributed by atoms with Gasteiger partial charge in [-0.15, -0.1) is 0 Å². The van der Waals surface area contributed by atoms with Crippen molar-refractivity contribution in [3.8, 4) is 0 Å². The number of hydrogen-bond donors (Lipinski definition) is 1. The largest absolute Gasteiger partial charge is 0.545 e. The molecule has 1 aromatic rings. The number of carbonyl (C=O) groups is 4. The molecule has 0 aliphatic carbocycles. The Kier molecular flexibility index (Phi) is 4.49. The summed E-state index contributed by atoms with van der Waals surface area (Å²) in [5.74, 6) is -2.52. The van der Waals surface area contributed by atoms with E-state index in [9.17, 15) is 24.3 Å². The summed E-state index contributed by atoms with van der Waals surface area (Å²) in [7, 11) is 0. The van der Waals surface area contributed by atoms with Crippen molar-refractivity contribution in [3.63, 3.8) is 0 Å². The Morgan fingerprint density at radius 1 is 1.38 bits per heavy atom. The second kappa shape index (κ2) is 6.15. The third kappa shape index (κ3) is 3.53. The standard InChI is InChI=1S/C12H9ClN2O5S/c13-8-2-1-6(3-7(8)11(18)19)14-9(16)4-15-10(17)5-21-12(15)20/h1-3H,4-5H2,(H,14,16)(H,18,19)/p-1. The van der Waals surface area contributed by atoms with E-state index in [2.05, 4.69) is 5.32 Å². The number of carboxylic acid groups (broad SMARTS) is 1. The number of carboxylic acids is 1. The molecule has 9 heteroatoms. The van der Waals surface area contributed by atoms with Gasteiger partial charge in [-0.25, -0.2) is 0 Å². The molecule has 1 aliphatic rings. The van der Waals surface area contributed by atoms with E-state index in [1.54, 1.807) is 0 Å². The number of aromatic carboxylic acids is 1. The highest BCUT2D eigenvalue weighted by atomic mass is 35.5. The van der Waals surface area contributed by atoms with Gasteiger partial charge in [0.05, 0.1) is 11.7 Å². The monoisotopic (exact) mass is 327 g/mol. The normalized spacial score (nSPS) is 14.4. The Balaban J connectivity index is 2.06. The summed E-state index contributed by atoms with van der Waals surface area (Å²) in [4.78, 5) is 46.1. The lowest BCUT2D eigenvalue weighted by atomic mass is 10.2. The van der Waals surface area contributed by atoms with Crippen LogP contribution in [0.25, 0.3) is 0 Å². The zero-order valence-corrected chi connectivity index (χ0v) is 12.0. The van der Waals surface area contributed by atoms with Crippen molar-refractivity contribution in [2.45, 2.75) is 0 Å². The summed E-state index contributed by atoms with van der Waals surface area (Å²) in [5, 5.41) is 12.7. The molecule has 1 saturated heterocycles. The number of nitrogens with zero attached hydrogens (tertiary/aromatic N) is 1. The summed E-state index contributed by atoms with van der Waals surface area (Å²) < 4.78 is 0. The van der Waals surface area contributed by atoms with Crippen LogP contribution in [0.15, 0.2) is 18.2 Å². The van der Waals surface area contributed by atoms with Crippen LogP contribution in [0.1, 0.15) is 10.4 Å². The maximum atomic E-state index is 11.8. The molecule has 3 amide bonds. The quantitative estimate of drug-likeness (QED) is 0.854. The molecule has 21 heavy (non-hydrogen) atoms. The van der Waals surface area contributed by atoms with Gasteiger partial charge in [-0.1, -0.05) is 23.4 Å². The Hall–Kier alpha value is -2.06. The second-order valence-electron chi connectivity index (χ2n) is 4.06. The maximum Gasteiger partial charge on any atom is 0.289 e. The minimum atomic E-state index is -1.47. The van der Waals surface area contributed by atoms with Crippen LogP contribution in [-0.2, 0) is 9.59 Å². The first-order valence-corrected chi connectivity index (χ1v) is 7.02. The highest BCUT2D eigenvalue weighted by molar-refractivity contribution is 8.14. The van der Waals surface area contributed by atoms with Gasteiger partial charge in [0, 0.05) is 16.3 Å². The molecule has 1 heterocycles. The lowest BCUT2D eigenvalue weighted by molar-refractivity contribution is -0.255. The van der Waals surface area contributed by atoms with Gasteiger partial charge in [0.1, 0.15) is 6.54 Å². The van der Waals surface area contributed by atoms with Crippen LogP contribution in [0, 0.1) is 0 Å². The molecule has 0 unspecified atom stereocenters.